The Morgan fingerprint density at radius 3 is 1.98 bits per heavy atom. The minimum Gasteiger partial charge on any atom is -0.455 e. The van der Waals surface area contributed by atoms with Gasteiger partial charge in [0.1, 0.15) is 11.5 Å². The van der Waals surface area contributed by atoms with Crippen LogP contribution in [0.15, 0.2) is 182 Å². The Kier molecular flexibility index (Phi) is 6.10. The molecule has 0 spiro atoms. The quantitative estimate of drug-likeness (QED) is 0.182. The molecule has 0 N–H and O–H groups in total. The van der Waals surface area contributed by atoms with Gasteiger partial charge in [0.05, 0.1) is 38.7 Å². The molecular weight excluding hydrogens is 697 g/mol. The molecule has 0 atom stereocenters. The summed E-state index contributed by atoms with van der Waals surface area (Å²) in [4.78, 5) is 10.7. The smallest absolute Gasteiger partial charge is 0.235 e. The zero-order valence-corrected chi connectivity index (χ0v) is 30.5. The number of benzene rings is 9. The fraction of sp³-hybridized carbons (Fsp3) is 0. The number of hydrogen-bond acceptors (Lipinski definition) is 3. The fourth-order valence-corrected chi connectivity index (χ4v) is 9.36. The van der Waals surface area contributed by atoms with Crippen molar-refractivity contribution < 1.29 is 4.74 Å². The lowest BCUT2D eigenvalue weighted by Gasteiger charge is -2.22. The molecule has 0 amide bonds. The van der Waals surface area contributed by atoms with Crippen molar-refractivity contribution in [3.05, 3.63) is 182 Å². The first kappa shape index (κ1) is 30.6. The van der Waals surface area contributed by atoms with Crippen LogP contribution in [0, 0.1) is 0 Å². The summed E-state index contributed by atoms with van der Waals surface area (Å²) in [6.07, 6.45) is 0. The van der Waals surface area contributed by atoms with Crippen LogP contribution in [-0.4, -0.2) is 19.1 Å². The minimum absolute atomic E-state index is 0.631. The molecule has 1 aliphatic heterocycles. The van der Waals surface area contributed by atoms with E-state index in [9.17, 15) is 0 Å². The van der Waals surface area contributed by atoms with E-state index in [0.717, 1.165) is 83.1 Å². The zero-order chi connectivity index (χ0) is 37.2. The van der Waals surface area contributed by atoms with E-state index >= 15 is 0 Å². The van der Waals surface area contributed by atoms with E-state index in [2.05, 4.69) is 179 Å². The molecule has 0 saturated carbocycles. The van der Waals surface area contributed by atoms with E-state index in [-0.39, 0.29) is 0 Å². The maximum atomic E-state index is 6.62. The summed E-state index contributed by atoms with van der Waals surface area (Å²) in [6.45, 7) is 0. The first-order chi connectivity index (χ1) is 28.3. The Balaban J connectivity index is 1.06. The number of para-hydroxylation sites is 2. The van der Waals surface area contributed by atoms with Gasteiger partial charge in [0, 0.05) is 38.2 Å². The molecule has 0 radical (unpaired) electrons. The predicted molar refractivity (Wildman–Crippen MR) is 234 cm³/mol. The van der Waals surface area contributed by atoms with Crippen LogP contribution in [0.1, 0.15) is 0 Å². The molecule has 9 aromatic carbocycles. The lowest BCUT2D eigenvalue weighted by Crippen LogP contribution is -2.07. The lowest BCUT2D eigenvalue weighted by atomic mass is 9.98. The van der Waals surface area contributed by atoms with Gasteiger partial charge in [0.15, 0.2) is 0 Å². The third-order valence-corrected chi connectivity index (χ3v) is 11.9. The Bertz CT molecular complexity index is 3670. The average molecular weight is 727 g/mol. The third-order valence-electron chi connectivity index (χ3n) is 11.9. The van der Waals surface area contributed by atoms with Crippen molar-refractivity contribution in [3.63, 3.8) is 0 Å². The van der Waals surface area contributed by atoms with Crippen LogP contribution >= 0.6 is 0 Å². The van der Waals surface area contributed by atoms with Gasteiger partial charge >= 0.3 is 0 Å². The highest BCUT2D eigenvalue weighted by Crippen LogP contribution is 2.49. The van der Waals surface area contributed by atoms with Crippen molar-refractivity contribution in [2.24, 2.45) is 0 Å². The summed E-state index contributed by atoms with van der Waals surface area (Å²) in [5.41, 5.74) is 10.6. The van der Waals surface area contributed by atoms with Crippen molar-refractivity contribution >= 4 is 76.1 Å². The second-order valence-electron chi connectivity index (χ2n) is 15.0. The number of fused-ring (bicyclic) bond motifs is 12. The van der Waals surface area contributed by atoms with Crippen LogP contribution in [-0.2, 0) is 0 Å². The van der Waals surface area contributed by atoms with Crippen LogP contribution in [0.4, 0.5) is 0 Å². The number of ether oxygens (including phenoxy) is 1. The maximum absolute atomic E-state index is 6.62. The molecule has 0 bridgehead atoms. The number of rotatable bonds is 3. The Morgan fingerprint density at radius 1 is 0.404 bits per heavy atom. The molecule has 4 heterocycles. The highest BCUT2D eigenvalue weighted by molar-refractivity contribution is 6.22. The average Bonchev–Trinajstić information content (AvgIpc) is 3.79. The van der Waals surface area contributed by atoms with E-state index in [1.807, 2.05) is 12.1 Å². The highest BCUT2D eigenvalue weighted by atomic mass is 16.5. The summed E-state index contributed by atoms with van der Waals surface area (Å²) in [6, 6.07) is 64.9. The molecular formula is C52H30N4O. The van der Waals surface area contributed by atoms with E-state index < -0.39 is 0 Å². The molecule has 0 aliphatic carbocycles. The van der Waals surface area contributed by atoms with Crippen LogP contribution in [0.5, 0.6) is 11.5 Å². The normalized spacial score (nSPS) is 12.4. The maximum Gasteiger partial charge on any atom is 0.235 e. The van der Waals surface area contributed by atoms with Gasteiger partial charge in [0.2, 0.25) is 5.95 Å². The van der Waals surface area contributed by atoms with Gasteiger partial charge in [-0.2, -0.15) is 0 Å². The molecule has 12 aromatic rings. The van der Waals surface area contributed by atoms with Gasteiger partial charge in [-0.25, -0.2) is 9.97 Å². The van der Waals surface area contributed by atoms with Crippen LogP contribution in [0.3, 0.4) is 0 Å². The molecule has 264 valence electrons. The van der Waals surface area contributed by atoms with Crippen molar-refractivity contribution in [2.45, 2.75) is 0 Å². The number of hydrogen-bond donors (Lipinski definition) is 0. The molecule has 57 heavy (non-hydrogen) atoms. The molecule has 5 heteroatoms. The summed E-state index contributed by atoms with van der Waals surface area (Å²) in [7, 11) is 0. The number of aromatic nitrogens is 4. The van der Waals surface area contributed by atoms with Crippen LogP contribution < -0.4 is 4.74 Å². The molecule has 1 aliphatic rings. The second-order valence-corrected chi connectivity index (χ2v) is 15.0. The molecule has 0 saturated heterocycles. The largest absolute Gasteiger partial charge is 0.455 e. The summed E-state index contributed by atoms with van der Waals surface area (Å²) in [5, 5.41) is 10.4. The molecule has 3 aromatic heterocycles. The first-order valence-electron chi connectivity index (χ1n) is 19.3. The summed E-state index contributed by atoms with van der Waals surface area (Å²) in [5.74, 6) is 2.24. The Labute approximate surface area is 326 Å². The summed E-state index contributed by atoms with van der Waals surface area (Å²) >= 11 is 0. The summed E-state index contributed by atoms with van der Waals surface area (Å²) < 4.78 is 11.2. The van der Waals surface area contributed by atoms with Crippen molar-refractivity contribution in [1.29, 1.82) is 0 Å². The van der Waals surface area contributed by atoms with Gasteiger partial charge in [0.25, 0.3) is 0 Å². The molecule has 0 unspecified atom stereocenters. The second kappa shape index (κ2) is 11.4. The molecule has 13 rings (SSSR count). The van der Waals surface area contributed by atoms with E-state index in [0.29, 0.717) is 5.95 Å². The Hall–Kier alpha value is -7.76. The monoisotopic (exact) mass is 726 g/mol. The van der Waals surface area contributed by atoms with Crippen molar-refractivity contribution in [3.8, 4) is 45.5 Å². The SMILES string of the molecule is c1ccc(-n2c3ccc(-c4ccc5c6ccccc6n(-c6nc7c8c(cccc8n6)Oc6c-7ccc7ccccc67)c5c4)cc3c3c4ccccc4ccc32)cc1. The van der Waals surface area contributed by atoms with Gasteiger partial charge < -0.3 is 9.30 Å². The predicted octanol–water partition coefficient (Wildman–Crippen LogP) is 13.6. The molecule has 5 nitrogen and oxygen atoms in total. The van der Waals surface area contributed by atoms with Gasteiger partial charge in [-0.1, -0.05) is 121 Å². The van der Waals surface area contributed by atoms with Gasteiger partial charge in [-0.05, 0) is 87.9 Å². The van der Waals surface area contributed by atoms with E-state index in [4.69, 9.17) is 14.7 Å². The zero-order valence-electron chi connectivity index (χ0n) is 30.5. The van der Waals surface area contributed by atoms with E-state index in [1.165, 1.54) is 32.6 Å². The third kappa shape index (κ3) is 4.28. The minimum atomic E-state index is 0.631. The van der Waals surface area contributed by atoms with E-state index in [1.54, 1.807) is 0 Å². The lowest BCUT2D eigenvalue weighted by molar-refractivity contribution is 0.492. The van der Waals surface area contributed by atoms with Crippen molar-refractivity contribution in [2.75, 3.05) is 0 Å². The van der Waals surface area contributed by atoms with Gasteiger partial charge in [-0.15, -0.1) is 0 Å². The Morgan fingerprint density at radius 2 is 1.09 bits per heavy atom. The standard InChI is InChI=1S/C52H30N4O/c1-2-13-35(14-3-1)55-44-27-24-33(29-41(44)48-36-15-6-4-11-31(36)23-28-45(48)55)34-22-25-39-38-17-8-9-19-43(38)56(46(39)30-34)52-53-42-18-10-20-47-49(42)50(54-52)40-26-21-32-12-5-7-16-37(32)51(40)57-47/h1-30H. The van der Waals surface area contributed by atoms with Crippen LogP contribution in [0.25, 0.3) is 110 Å². The highest BCUT2D eigenvalue weighted by Gasteiger charge is 2.26. The fourth-order valence-electron chi connectivity index (χ4n) is 9.36. The molecule has 0 fully saturated rings. The van der Waals surface area contributed by atoms with Crippen molar-refractivity contribution in [1.82, 2.24) is 19.1 Å². The topological polar surface area (TPSA) is 44.9 Å². The van der Waals surface area contributed by atoms with Gasteiger partial charge in [-0.3, -0.25) is 4.57 Å². The van der Waals surface area contributed by atoms with Crippen LogP contribution in [0.2, 0.25) is 0 Å². The first-order valence-corrected chi connectivity index (χ1v) is 19.3. The number of nitrogens with zero attached hydrogens (tertiary/aromatic N) is 4.